The molecule has 0 spiro atoms. The molecule has 1 unspecified atom stereocenters. The summed E-state index contributed by atoms with van der Waals surface area (Å²) in [6, 6.07) is 9.12. The Morgan fingerprint density at radius 2 is 2.26 bits per heavy atom. The molecule has 0 bridgehead atoms. The second-order valence-electron chi connectivity index (χ2n) is 5.31. The molecule has 1 aromatic carbocycles. The molecule has 0 amide bonds. The topological polar surface area (TPSA) is 37.0 Å². The van der Waals surface area contributed by atoms with Gasteiger partial charge in [-0.3, -0.25) is 0 Å². The molecule has 0 fully saturated rings. The van der Waals surface area contributed by atoms with Crippen LogP contribution in [0, 0.1) is 0 Å². The summed E-state index contributed by atoms with van der Waals surface area (Å²) >= 11 is 0. The average molecular weight is 258 g/mol. The molecule has 19 heavy (non-hydrogen) atoms. The van der Waals surface area contributed by atoms with E-state index in [1.807, 2.05) is 0 Å². The number of fused-ring (bicyclic) bond motifs is 3. The van der Waals surface area contributed by atoms with Crippen molar-refractivity contribution in [2.45, 2.75) is 31.7 Å². The summed E-state index contributed by atoms with van der Waals surface area (Å²) in [5, 5.41) is 5.07. The minimum absolute atomic E-state index is 0.480. The van der Waals surface area contributed by atoms with E-state index in [-0.39, 0.29) is 0 Å². The number of H-pyrrole nitrogens is 1. The highest BCUT2D eigenvalue weighted by atomic mass is 16.5. The Bertz CT molecular complexity index is 547. The van der Waals surface area contributed by atoms with Crippen LogP contribution in [0.1, 0.15) is 36.6 Å². The molecule has 0 saturated carbocycles. The Balaban J connectivity index is 1.79. The maximum atomic E-state index is 5.10. The van der Waals surface area contributed by atoms with E-state index < -0.39 is 0 Å². The maximum Gasteiger partial charge on any atom is 0.0476 e. The molecule has 2 N–H and O–H groups in total. The van der Waals surface area contributed by atoms with Crippen LogP contribution in [-0.2, 0) is 11.2 Å². The van der Waals surface area contributed by atoms with Gasteiger partial charge in [0.05, 0.1) is 0 Å². The van der Waals surface area contributed by atoms with E-state index in [0.717, 1.165) is 19.6 Å². The number of para-hydroxylation sites is 1. The number of aromatic amines is 1. The molecule has 1 aliphatic rings. The first kappa shape index (κ1) is 12.7. The fraction of sp³-hybridized carbons (Fsp3) is 0.500. The number of aryl methyl sites for hydroxylation is 1. The minimum Gasteiger partial charge on any atom is -0.385 e. The van der Waals surface area contributed by atoms with Crippen LogP contribution >= 0.6 is 0 Å². The van der Waals surface area contributed by atoms with Crippen molar-refractivity contribution in [3.05, 3.63) is 35.5 Å². The van der Waals surface area contributed by atoms with Gasteiger partial charge in [-0.1, -0.05) is 18.2 Å². The van der Waals surface area contributed by atoms with Crippen LogP contribution in [0.15, 0.2) is 24.3 Å². The summed E-state index contributed by atoms with van der Waals surface area (Å²) in [7, 11) is 1.76. The normalized spacial score (nSPS) is 18.7. The second kappa shape index (κ2) is 5.76. The number of hydrogen-bond acceptors (Lipinski definition) is 2. The van der Waals surface area contributed by atoms with Crippen LogP contribution < -0.4 is 5.32 Å². The van der Waals surface area contributed by atoms with Crippen molar-refractivity contribution in [1.82, 2.24) is 10.3 Å². The Morgan fingerprint density at radius 3 is 3.16 bits per heavy atom. The van der Waals surface area contributed by atoms with E-state index in [1.165, 1.54) is 41.4 Å². The van der Waals surface area contributed by atoms with E-state index in [9.17, 15) is 0 Å². The molecular weight excluding hydrogens is 236 g/mol. The predicted molar refractivity (Wildman–Crippen MR) is 78.5 cm³/mol. The zero-order chi connectivity index (χ0) is 13.1. The van der Waals surface area contributed by atoms with E-state index >= 15 is 0 Å². The number of aromatic nitrogens is 1. The van der Waals surface area contributed by atoms with Crippen molar-refractivity contribution in [1.29, 1.82) is 0 Å². The average Bonchev–Trinajstić information content (AvgIpc) is 2.83. The molecule has 2 aromatic rings. The molecule has 0 saturated heterocycles. The third-order valence-electron chi connectivity index (χ3n) is 4.03. The Morgan fingerprint density at radius 1 is 1.37 bits per heavy atom. The zero-order valence-corrected chi connectivity index (χ0v) is 11.5. The van der Waals surface area contributed by atoms with Gasteiger partial charge in [-0.25, -0.2) is 0 Å². The maximum absolute atomic E-state index is 5.10. The van der Waals surface area contributed by atoms with E-state index in [0.29, 0.717) is 6.04 Å². The first-order valence-electron chi connectivity index (χ1n) is 7.22. The molecule has 102 valence electrons. The molecule has 0 aliphatic heterocycles. The standard InChI is InChI=1S/C16H22N2O/c1-19-11-5-10-17-15-9-4-7-13-12-6-2-3-8-14(12)18-16(13)15/h2-3,6,8,15,17-18H,4-5,7,9-11H2,1H3. The van der Waals surface area contributed by atoms with Crippen LogP contribution in [0.4, 0.5) is 0 Å². The SMILES string of the molecule is COCCCNC1CCCc2c1[nH]c1ccccc21. The number of nitrogens with one attached hydrogen (secondary N) is 2. The number of hydrogen-bond donors (Lipinski definition) is 2. The van der Waals surface area contributed by atoms with Crippen LogP contribution in [0.2, 0.25) is 0 Å². The summed E-state index contributed by atoms with van der Waals surface area (Å²) in [4.78, 5) is 3.61. The summed E-state index contributed by atoms with van der Waals surface area (Å²) < 4.78 is 5.10. The van der Waals surface area contributed by atoms with Gasteiger partial charge >= 0.3 is 0 Å². The highest BCUT2D eigenvalue weighted by molar-refractivity contribution is 5.85. The van der Waals surface area contributed by atoms with Gasteiger partial charge in [-0.05, 0) is 43.9 Å². The summed E-state index contributed by atoms with van der Waals surface area (Å²) in [5.41, 5.74) is 4.20. The molecule has 3 heteroatoms. The van der Waals surface area contributed by atoms with Gasteiger partial charge in [-0.2, -0.15) is 0 Å². The summed E-state index contributed by atoms with van der Waals surface area (Å²) in [5.74, 6) is 0. The lowest BCUT2D eigenvalue weighted by Gasteiger charge is -2.24. The van der Waals surface area contributed by atoms with Crippen LogP contribution in [0.25, 0.3) is 10.9 Å². The van der Waals surface area contributed by atoms with Crippen molar-refractivity contribution in [2.24, 2.45) is 0 Å². The molecule has 1 atom stereocenters. The van der Waals surface area contributed by atoms with Crippen molar-refractivity contribution in [3.63, 3.8) is 0 Å². The first-order valence-corrected chi connectivity index (χ1v) is 7.22. The second-order valence-corrected chi connectivity index (χ2v) is 5.31. The minimum atomic E-state index is 0.480. The first-order chi connectivity index (χ1) is 9.40. The van der Waals surface area contributed by atoms with Gasteiger partial charge in [0.1, 0.15) is 0 Å². The fourth-order valence-corrected chi connectivity index (χ4v) is 3.11. The smallest absolute Gasteiger partial charge is 0.0476 e. The van der Waals surface area contributed by atoms with Crippen LogP contribution in [0.3, 0.4) is 0 Å². The largest absolute Gasteiger partial charge is 0.385 e. The van der Waals surface area contributed by atoms with Gasteiger partial charge < -0.3 is 15.0 Å². The molecular formula is C16H22N2O. The van der Waals surface area contributed by atoms with Crippen LogP contribution in [-0.4, -0.2) is 25.2 Å². The molecule has 0 radical (unpaired) electrons. The fourth-order valence-electron chi connectivity index (χ4n) is 3.11. The van der Waals surface area contributed by atoms with Crippen molar-refractivity contribution in [2.75, 3.05) is 20.3 Å². The van der Waals surface area contributed by atoms with E-state index in [4.69, 9.17) is 4.74 Å². The number of rotatable bonds is 5. The lowest BCUT2D eigenvalue weighted by atomic mass is 9.91. The molecule has 3 nitrogen and oxygen atoms in total. The summed E-state index contributed by atoms with van der Waals surface area (Å²) in [6.07, 6.45) is 4.78. The van der Waals surface area contributed by atoms with E-state index in [1.54, 1.807) is 7.11 Å². The Labute approximate surface area is 114 Å². The van der Waals surface area contributed by atoms with Gasteiger partial charge in [-0.15, -0.1) is 0 Å². The lowest BCUT2D eigenvalue weighted by molar-refractivity contribution is 0.192. The van der Waals surface area contributed by atoms with Gasteiger partial charge in [0.25, 0.3) is 0 Å². The van der Waals surface area contributed by atoms with E-state index in [2.05, 4.69) is 34.6 Å². The van der Waals surface area contributed by atoms with Crippen molar-refractivity contribution >= 4 is 10.9 Å². The van der Waals surface area contributed by atoms with Crippen molar-refractivity contribution < 1.29 is 4.74 Å². The molecule has 1 aliphatic carbocycles. The number of methoxy groups -OCH3 is 1. The highest BCUT2D eigenvalue weighted by Gasteiger charge is 2.23. The Kier molecular flexibility index (Phi) is 3.85. The molecule has 1 heterocycles. The highest BCUT2D eigenvalue weighted by Crippen LogP contribution is 2.34. The zero-order valence-electron chi connectivity index (χ0n) is 11.5. The van der Waals surface area contributed by atoms with Crippen LogP contribution in [0.5, 0.6) is 0 Å². The number of ether oxygens (including phenoxy) is 1. The predicted octanol–water partition coefficient (Wildman–Crippen LogP) is 3.17. The Hall–Kier alpha value is -1.32. The van der Waals surface area contributed by atoms with Crippen molar-refractivity contribution in [3.8, 4) is 0 Å². The number of benzene rings is 1. The third kappa shape index (κ3) is 2.53. The molecule has 1 aromatic heterocycles. The lowest BCUT2D eigenvalue weighted by Crippen LogP contribution is -2.26. The van der Waals surface area contributed by atoms with Gasteiger partial charge in [0, 0.05) is 36.4 Å². The monoisotopic (exact) mass is 258 g/mol. The van der Waals surface area contributed by atoms with Gasteiger partial charge in [0.15, 0.2) is 0 Å². The molecule has 3 rings (SSSR count). The van der Waals surface area contributed by atoms with Gasteiger partial charge in [0.2, 0.25) is 0 Å². The third-order valence-corrected chi connectivity index (χ3v) is 4.03. The summed E-state index contributed by atoms with van der Waals surface area (Å²) in [6.45, 7) is 1.85. The quantitative estimate of drug-likeness (QED) is 0.808.